The number of nitrogens with one attached hydrogen (secondary N) is 1. The number of aliphatic carboxylic acids is 1. The van der Waals surface area contributed by atoms with Gasteiger partial charge in [-0.15, -0.1) is 0 Å². The molecular formula is C14H19N3O4. The molecule has 1 aliphatic heterocycles. The summed E-state index contributed by atoms with van der Waals surface area (Å²) in [7, 11) is 3.64. The standard InChI is InChI=1S/C14H19N3O4/c1-17(2)11-9-10(3-6-15-11)12(18)16-14(13(19)20)4-7-21-8-5-14/h3,6,9H,4-5,7-8H2,1-2H3,(H,16,18)(H,19,20). The van der Waals surface area contributed by atoms with E-state index in [1.165, 1.54) is 6.20 Å². The second-order valence-corrected chi connectivity index (χ2v) is 5.25. The van der Waals surface area contributed by atoms with Crippen LogP contribution >= 0.6 is 0 Å². The van der Waals surface area contributed by atoms with E-state index in [9.17, 15) is 14.7 Å². The molecule has 0 aliphatic carbocycles. The Morgan fingerprint density at radius 3 is 2.62 bits per heavy atom. The first-order chi connectivity index (χ1) is 9.94. The minimum atomic E-state index is -1.25. The zero-order chi connectivity index (χ0) is 15.5. The Hall–Kier alpha value is -2.15. The number of carbonyl (C=O) groups is 2. The van der Waals surface area contributed by atoms with Gasteiger partial charge in [-0.25, -0.2) is 9.78 Å². The Bertz CT molecular complexity index is 539. The van der Waals surface area contributed by atoms with Crippen molar-refractivity contribution >= 4 is 17.7 Å². The first kappa shape index (κ1) is 15.2. The number of amides is 1. The molecule has 7 heteroatoms. The zero-order valence-electron chi connectivity index (χ0n) is 12.1. The predicted octanol–water partition coefficient (Wildman–Crippen LogP) is 0.511. The van der Waals surface area contributed by atoms with Crippen molar-refractivity contribution in [2.45, 2.75) is 18.4 Å². The molecule has 0 unspecified atom stereocenters. The molecule has 1 fully saturated rings. The first-order valence-electron chi connectivity index (χ1n) is 6.72. The molecular weight excluding hydrogens is 274 g/mol. The van der Waals surface area contributed by atoms with Crippen LogP contribution in [0.15, 0.2) is 18.3 Å². The average Bonchev–Trinajstić information content (AvgIpc) is 2.48. The van der Waals surface area contributed by atoms with Crippen molar-refractivity contribution in [2.24, 2.45) is 0 Å². The van der Waals surface area contributed by atoms with Crippen LogP contribution in [0.2, 0.25) is 0 Å². The average molecular weight is 293 g/mol. The van der Waals surface area contributed by atoms with Crippen molar-refractivity contribution < 1.29 is 19.4 Å². The lowest BCUT2D eigenvalue weighted by Gasteiger charge is -2.33. The normalized spacial score (nSPS) is 17.0. The van der Waals surface area contributed by atoms with Gasteiger partial charge in [-0.05, 0) is 12.1 Å². The molecule has 2 heterocycles. The van der Waals surface area contributed by atoms with Gasteiger partial charge in [-0.2, -0.15) is 0 Å². The fourth-order valence-corrected chi connectivity index (χ4v) is 2.21. The number of hydrogen-bond donors (Lipinski definition) is 2. The molecule has 1 aromatic heterocycles. The number of nitrogens with zero attached hydrogens (tertiary/aromatic N) is 2. The Labute approximate surface area is 122 Å². The molecule has 0 radical (unpaired) electrons. The van der Waals surface area contributed by atoms with E-state index in [1.807, 2.05) is 14.1 Å². The smallest absolute Gasteiger partial charge is 0.329 e. The van der Waals surface area contributed by atoms with Crippen LogP contribution in [0, 0.1) is 0 Å². The Morgan fingerprint density at radius 2 is 2.05 bits per heavy atom. The third-order valence-electron chi connectivity index (χ3n) is 3.57. The Kier molecular flexibility index (Phi) is 4.42. The van der Waals surface area contributed by atoms with E-state index in [0.29, 0.717) is 24.6 Å². The van der Waals surface area contributed by atoms with Gasteiger partial charge in [0.2, 0.25) is 0 Å². The zero-order valence-corrected chi connectivity index (χ0v) is 12.1. The van der Waals surface area contributed by atoms with Gasteiger partial charge in [0.05, 0.1) is 0 Å². The number of ether oxygens (including phenoxy) is 1. The van der Waals surface area contributed by atoms with E-state index >= 15 is 0 Å². The van der Waals surface area contributed by atoms with Crippen LogP contribution < -0.4 is 10.2 Å². The van der Waals surface area contributed by atoms with Gasteiger partial charge in [0.25, 0.3) is 5.91 Å². The van der Waals surface area contributed by atoms with Crippen LogP contribution in [-0.4, -0.2) is 54.8 Å². The molecule has 1 amide bonds. The molecule has 0 saturated carbocycles. The number of pyridine rings is 1. The van der Waals surface area contributed by atoms with Gasteiger partial charge in [-0.3, -0.25) is 4.79 Å². The van der Waals surface area contributed by atoms with Crippen molar-refractivity contribution in [1.82, 2.24) is 10.3 Å². The minimum absolute atomic E-state index is 0.264. The number of carboxylic acids is 1. The molecule has 0 atom stereocenters. The fourth-order valence-electron chi connectivity index (χ4n) is 2.21. The molecule has 7 nitrogen and oxygen atoms in total. The van der Waals surface area contributed by atoms with Crippen LogP contribution in [0.4, 0.5) is 5.82 Å². The quantitative estimate of drug-likeness (QED) is 0.840. The second-order valence-electron chi connectivity index (χ2n) is 5.25. The molecule has 2 N–H and O–H groups in total. The van der Waals surface area contributed by atoms with E-state index in [-0.39, 0.29) is 12.8 Å². The maximum Gasteiger partial charge on any atom is 0.329 e. The lowest BCUT2D eigenvalue weighted by Crippen LogP contribution is -2.57. The van der Waals surface area contributed by atoms with Crippen molar-refractivity contribution in [1.29, 1.82) is 0 Å². The van der Waals surface area contributed by atoms with Gasteiger partial charge in [0, 0.05) is 51.9 Å². The summed E-state index contributed by atoms with van der Waals surface area (Å²) in [4.78, 5) is 29.8. The molecule has 1 saturated heterocycles. The monoisotopic (exact) mass is 293 g/mol. The summed E-state index contributed by atoms with van der Waals surface area (Å²) in [5, 5.41) is 12.1. The third-order valence-corrected chi connectivity index (χ3v) is 3.57. The largest absolute Gasteiger partial charge is 0.480 e. The number of hydrogen-bond acceptors (Lipinski definition) is 5. The van der Waals surface area contributed by atoms with Crippen LogP contribution in [0.25, 0.3) is 0 Å². The van der Waals surface area contributed by atoms with Crippen LogP contribution in [0.1, 0.15) is 23.2 Å². The number of carbonyl (C=O) groups excluding carboxylic acids is 1. The summed E-state index contributed by atoms with van der Waals surface area (Å²) in [6.45, 7) is 0.651. The molecule has 0 bridgehead atoms. The van der Waals surface area contributed by atoms with Crippen molar-refractivity contribution in [3.8, 4) is 0 Å². The summed E-state index contributed by atoms with van der Waals surface area (Å²) >= 11 is 0. The highest BCUT2D eigenvalue weighted by Gasteiger charge is 2.41. The lowest BCUT2D eigenvalue weighted by molar-refractivity contribution is -0.148. The lowest BCUT2D eigenvalue weighted by atomic mass is 9.89. The molecule has 1 aliphatic rings. The number of anilines is 1. The summed E-state index contributed by atoms with van der Waals surface area (Å²) in [5.74, 6) is -0.801. The first-order valence-corrected chi connectivity index (χ1v) is 6.72. The van der Waals surface area contributed by atoms with Gasteiger partial charge >= 0.3 is 5.97 Å². The predicted molar refractivity (Wildman–Crippen MR) is 76.5 cm³/mol. The van der Waals surface area contributed by atoms with Crippen LogP contribution in [0.3, 0.4) is 0 Å². The maximum absolute atomic E-state index is 12.3. The van der Waals surface area contributed by atoms with Gasteiger partial charge in [0.15, 0.2) is 0 Å². The molecule has 21 heavy (non-hydrogen) atoms. The Balaban J connectivity index is 2.19. The summed E-state index contributed by atoms with van der Waals surface area (Å²) in [6.07, 6.45) is 2.06. The molecule has 0 spiro atoms. The maximum atomic E-state index is 12.3. The van der Waals surface area contributed by atoms with E-state index in [2.05, 4.69) is 10.3 Å². The molecule has 0 aromatic carbocycles. The van der Waals surface area contributed by atoms with Crippen LogP contribution in [0.5, 0.6) is 0 Å². The summed E-state index contributed by atoms with van der Waals surface area (Å²) in [5.41, 5.74) is -0.863. The van der Waals surface area contributed by atoms with Gasteiger partial charge in [0.1, 0.15) is 11.4 Å². The fraction of sp³-hybridized carbons (Fsp3) is 0.500. The Morgan fingerprint density at radius 1 is 1.38 bits per heavy atom. The number of rotatable bonds is 4. The highest BCUT2D eigenvalue weighted by atomic mass is 16.5. The van der Waals surface area contributed by atoms with E-state index in [0.717, 1.165) is 0 Å². The van der Waals surface area contributed by atoms with Gasteiger partial charge in [-0.1, -0.05) is 0 Å². The summed E-state index contributed by atoms with van der Waals surface area (Å²) in [6, 6.07) is 3.20. The van der Waals surface area contributed by atoms with E-state index < -0.39 is 17.4 Å². The SMILES string of the molecule is CN(C)c1cc(C(=O)NC2(C(=O)O)CCOCC2)ccn1. The summed E-state index contributed by atoms with van der Waals surface area (Å²) < 4.78 is 5.18. The minimum Gasteiger partial charge on any atom is -0.480 e. The van der Waals surface area contributed by atoms with Crippen molar-refractivity contribution in [3.05, 3.63) is 23.9 Å². The van der Waals surface area contributed by atoms with Gasteiger partial charge < -0.3 is 20.1 Å². The third kappa shape index (κ3) is 3.30. The highest BCUT2D eigenvalue weighted by molar-refractivity contribution is 5.98. The second kappa shape index (κ2) is 6.09. The number of aromatic nitrogens is 1. The van der Waals surface area contributed by atoms with E-state index in [1.54, 1.807) is 17.0 Å². The molecule has 2 rings (SSSR count). The highest BCUT2D eigenvalue weighted by Crippen LogP contribution is 2.22. The van der Waals surface area contributed by atoms with Crippen molar-refractivity contribution in [3.63, 3.8) is 0 Å². The van der Waals surface area contributed by atoms with E-state index in [4.69, 9.17) is 4.74 Å². The molecule has 1 aromatic rings. The van der Waals surface area contributed by atoms with Crippen LogP contribution in [-0.2, 0) is 9.53 Å². The molecule has 114 valence electrons. The number of carboxylic acid groups (broad SMARTS) is 1. The topological polar surface area (TPSA) is 91.8 Å². The van der Waals surface area contributed by atoms with Crippen molar-refractivity contribution in [2.75, 3.05) is 32.2 Å².